The molecule has 0 aliphatic carbocycles. The molecule has 1 N–H and O–H groups in total. The first-order valence-electron chi connectivity index (χ1n) is 8.19. The molecule has 1 aliphatic rings. The average molecular weight is 380 g/mol. The first-order valence-corrected chi connectivity index (χ1v) is 9.63. The number of carbonyl (C=O) groups excluding carboxylic acids is 1. The molecule has 0 radical (unpaired) electrons. The second-order valence-electron chi connectivity index (χ2n) is 6.09. The van der Waals surface area contributed by atoms with Crippen LogP contribution >= 0.6 is 0 Å². The lowest BCUT2D eigenvalue weighted by molar-refractivity contribution is 0.0924. The normalized spacial score (nSPS) is 16.4. The van der Waals surface area contributed by atoms with Crippen molar-refractivity contribution in [3.63, 3.8) is 0 Å². The summed E-state index contributed by atoms with van der Waals surface area (Å²) < 4.78 is 53.3. The molecule has 0 aromatic heterocycles. The van der Waals surface area contributed by atoms with Gasteiger partial charge in [0.1, 0.15) is 16.5 Å². The van der Waals surface area contributed by atoms with Gasteiger partial charge in [0.25, 0.3) is 5.91 Å². The van der Waals surface area contributed by atoms with Gasteiger partial charge in [-0.2, -0.15) is 4.31 Å². The topological polar surface area (TPSA) is 66.5 Å². The Morgan fingerprint density at radius 2 is 1.69 bits per heavy atom. The van der Waals surface area contributed by atoms with Crippen molar-refractivity contribution >= 4 is 15.9 Å². The quantitative estimate of drug-likeness (QED) is 0.887. The van der Waals surface area contributed by atoms with Crippen LogP contribution in [0.25, 0.3) is 0 Å². The number of sulfonamides is 1. The van der Waals surface area contributed by atoms with E-state index in [1.54, 1.807) is 24.3 Å². The lowest BCUT2D eigenvalue weighted by atomic mass is 10.1. The number of halogens is 2. The zero-order chi connectivity index (χ0) is 18.7. The van der Waals surface area contributed by atoms with Crippen molar-refractivity contribution < 1.29 is 22.0 Å². The van der Waals surface area contributed by atoms with Crippen LogP contribution in [0.1, 0.15) is 23.2 Å². The van der Waals surface area contributed by atoms with Crippen LogP contribution in [-0.4, -0.2) is 37.8 Å². The molecule has 0 bridgehead atoms. The molecule has 3 rings (SSSR count). The highest BCUT2D eigenvalue weighted by Gasteiger charge is 2.32. The zero-order valence-corrected chi connectivity index (χ0v) is 14.7. The molecule has 1 saturated heterocycles. The molecule has 138 valence electrons. The lowest BCUT2D eigenvalue weighted by Crippen LogP contribution is -2.46. The summed E-state index contributed by atoms with van der Waals surface area (Å²) in [5, 5.41) is 2.87. The summed E-state index contributed by atoms with van der Waals surface area (Å²) in [5.41, 5.74) is 0.532. The number of nitrogens with zero attached hydrogens (tertiary/aromatic N) is 1. The predicted molar refractivity (Wildman–Crippen MR) is 92.0 cm³/mol. The van der Waals surface area contributed by atoms with E-state index in [2.05, 4.69) is 5.32 Å². The van der Waals surface area contributed by atoms with E-state index in [1.165, 1.54) is 0 Å². The van der Waals surface area contributed by atoms with E-state index in [0.29, 0.717) is 24.5 Å². The van der Waals surface area contributed by atoms with Crippen molar-refractivity contribution in [1.29, 1.82) is 0 Å². The third-order valence-electron chi connectivity index (χ3n) is 4.34. The molecule has 0 unspecified atom stereocenters. The van der Waals surface area contributed by atoms with Crippen LogP contribution in [0.4, 0.5) is 8.78 Å². The molecule has 1 heterocycles. The van der Waals surface area contributed by atoms with Gasteiger partial charge in [0.2, 0.25) is 10.0 Å². The summed E-state index contributed by atoms with van der Waals surface area (Å²) in [7, 11) is -4.11. The summed E-state index contributed by atoms with van der Waals surface area (Å²) in [6.45, 7) is 0.246. The van der Waals surface area contributed by atoms with E-state index in [4.69, 9.17) is 0 Å². The predicted octanol–water partition coefficient (Wildman–Crippen LogP) is 2.55. The smallest absolute Gasteiger partial charge is 0.251 e. The molecule has 2 aromatic rings. The zero-order valence-electron chi connectivity index (χ0n) is 13.9. The highest BCUT2D eigenvalue weighted by atomic mass is 32.2. The maximum atomic E-state index is 13.8. The van der Waals surface area contributed by atoms with Gasteiger partial charge in [0, 0.05) is 24.7 Å². The van der Waals surface area contributed by atoms with Crippen LogP contribution in [0.15, 0.2) is 53.4 Å². The largest absolute Gasteiger partial charge is 0.349 e. The first-order chi connectivity index (χ1) is 12.4. The molecule has 0 spiro atoms. The fourth-order valence-corrected chi connectivity index (χ4v) is 4.46. The van der Waals surface area contributed by atoms with E-state index in [9.17, 15) is 22.0 Å². The maximum Gasteiger partial charge on any atom is 0.251 e. The Morgan fingerprint density at radius 3 is 2.35 bits per heavy atom. The number of rotatable bonds is 4. The van der Waals surface area contributed by atoms with Crippen LogP contribution in [0.3, 0.4) is 0 Å². The number of piperidine rings is 1. The Hall–Kier alpha value is -2.32. The number of amides is 1. The van der Waals surface area contributed by atoms with Gasteiger partial charge >= 0.3 is 0 Å². The molecule has 0 saturated carbocycles. The van der Waals surface area contributed by atoms with Crippen molar-refractivity contribution in [2.24, 2.45) is 0 Å². The van der Waals surface area contributed by atoms with Crippen LogP contribution in [0, 0.1) is 11.6 Å². The van der Waals surface area contributed by atoms with E-state index >= 15 is 0 Å². The number of nitrogens with one attached hydrogen (secondary N) is 1. The standard InChI is InChI=1S/C18H18F2N2O3S/c19-14-6-7-16(20)17(12-14)26(24,25)22-10-8-15(9-11-22)21-18(23)13-4-2-1-3-5-13/h1-7,12,15H,8-11H2,(H,21,23). The van der Waals surface area contributed by atoms with Gasteiger partial charge < -0.3 is 5.32 Å². The summed E-state index contributed by atoms with van der Waals surface area (Å²) in [5.74, 6) is -2.01. The minimum Gasteiger partial charge on any atom is -0.349 e. The van der Waals surface area contributed by atoms with Gasteiger partial charge in [-0.3, -0.25) is 4.79 Å². The van der Waals surface area contributed by atoms with Gasteiger partial charge in [-0.25, -0.2) is 17.2 Å². The third-order valence-corrected chi connectivity index (χ3v) is 6.25. The monoisotopic (exact) mass is 380 g/mol. The molecular formula is C18H18F2N2O3S. The molecular weight excluding hydrogens is 362 g/mol. The molecule has 1 fully saturated rings. The highest BCUT2D eigenvalue weighted by molar-refractivity contribution is 7.89. The first kappa shape index (κ1) is 18.5. The molecule has 2 aromatic carbocycles. The van der Waals surface area contributed by atoms with Crippen molar-refractivity contribution in [2.45, 2.75) is 23.8 Å². The summed E-state index contributed by atoms with van der Waals surface area (Å²) in [4.78, 5) is 11.5. The maximum absolute atomic E-state index is 13.8. The van der Waals surface area contributed by atoms with Crippen LogP contribution in [-0.2, 0) is 10.0 Å². The summed E-state index contributed by atoms with van der Waals surface area (Å²) in [6.07, 6.45) is 0.795. The SMILES string of the molecule is O=C(NC1CCN(S(=O)(=O)c2cc(F)ccc2F)CC1)c1ccccc1. The Labute approximate surface area is 150 Å². The van der Waals surface area contributed by atoms with Gasteiger partial charge in [-0.15, -0.1) is 0 Å². The molecule has 0 atom stereocenters. The van der Waals surface area contributed by atoms with Crippen molar-refractivity contribution in [3.8, 4) is 0 Å². The number of carbonyl (C=O) groups is 1. The van der Waals surface area contributed by atoms with Crippen LogP contribution < -0.4 is 5.32 Å². The molecule has 1 aliphatic heterocycles. The average Bonchev–Trinajstić information content (AvgIpc) is 2.65. The minimum atomic E-state index is -4.11. The van der Waals surface area contributed by atoms with Gasteiger partial charge in [-0.05, 0) is 43.2 Å². The molecule has 5 nitrogen and oxygen atoms in total. The Kier molecular flexibility index (Phi) is 5.33. The van der Waals surface area contributed by atoms with Crippen LogP contribution in [0.2, 0.25) is 0 Å². The highest BCUT2D eigenvalue weighted by Crippen LogP contribution is 2.24. The van der Waals surface area contributed by atoms with E-state index < -0.39 is 26.6 Å². The van der Waals surface area contributed by atoms with Crippen LogP contribution in [0.5, 0.6) is 0 Å². The Bertz CT molecular complexity index is 896. The van der Waals surface area contributed by atoms with E-state index in [-0.39, 0.29) is 25.0 Å². The second kappa shape index (κ2) is 7.51. The van der Waals surface area contributed by atoms with E-state index in [1.807, 2.05) is 6.07 Å². The molecule has 8 heteroatoms. The third kappa shape index (κ3) is 3.91. The van der Waals surface area contributed by atoms with Crippen molar-refractivity contribution in [2.75, 3.05) is 13.1 Å². The minimum absolute atomic E-state index is 0.123. The van der Waals surface area contributed by atoms with Gasteiger partial charge in [0.15, 0.2) is 0 Å². The van der Waals surface area contributed by atoms with Crippen molar-refractivity contribution in [3.05, 3.63) is 65.7 Å². The molecule has 26 heavy (non-hydrogen) atoms. The van der Waals surface area contributed by atoms with Crippen molar-refractivity contribution in [1.82, 2.24) is 9.62 Å². The van der Waals surface area contributed by atoms with Gasteiger partial charge in [-0.1, -0.05) is 18.2 Å². The lowest BCUT2D eigenvalue weighted by Gasteiger charge is -2.31. The number of hydrogen-bond acceptors (Lipinski definition) is 3. The Balaban J connectivity index is 1.65. The summed E-state index contributed by atoms with van der Waals surface area (Å²) >= 11 is 0. The number of hydrogen-bond donors (Lipinski definition) is 1. The molecule has 1 amide bonds. The summed E-state index contributed by atoms with van der Waals surface area (Å²) in [6, 6.07) is 10.9. The second-order valence-corrected chi connectivity index (χ2v) is 8.00. The Morgan fingerprint density at radius 1 is 1.04 bits per heavy atom. The fraction of sp³-hybridized carbons (Fsp3) is 0.278. The van der Waals surface area contributed by atoms with Gasteiger partial charge in [0.05, 0.1) is 0 Å². The fourth-order valence-electron chi connectivity index (χ4n) is 2.91. The van der Waals surface area contributed by atoms with E-state index in [0.717, 1.165) is 16.4 Å². The number of benzene rings is 2.